The molecule has 2 aromatic heterocycles. The number of aromatic nitrogens is 1. The maximum Gasteiger partial charge on any atom is 0.270 e. The fourth-order valence-corrected chi connectivity index (χ4v) is 4.77. The SMILES string of the molecule is C[C@H]1Sc2ccccc2N(C(=O)c2cnc(-c3ccco3)s2)[C@H]1C. The number of anilines is 1. The summed E-state index contributed by atoms with van der Waals surface area (Å²) in [7, 11) is 0. The summed E-state index contributed by atoms with van der Waals surface area (Å²) in [4.78, 5) is 21.2. The van der Waals surface area contributed by atoms with E-state index in [4.69, 9.17) is 4.42 Å². The number of carbonyl (C=O) groups excluding carboxylic acids is 1. The Morgan fingerprint density at radius 3 is 2.83 bits per heavy atom. The molecule has 0 bridgehead atoms. The number of rotatable bonds is 2. The molecule has 122 valence electrons. The maximum absolute atomic E-state index is 13.2. The van der Waals surface area contributed by atoms with Gasteiger partial charge in [0.15, 0.2) is 10.8 Å². The van der Waals surface area contributed by atoms with E-state index in [1.807, 2.05) is 47.0 Å². The normalized spacial score (nSPS) is 20.0. The second-order valence-electron chi connectivity index (χ2n) is 5.71. The van der Waals surface area contributed by atoms with Gasteiger partial charge in [0.1, 0.15) is 4.88 Å². The van der Waals surface area contributed by atoms with Gasteiger partial charge in [-0.15, -0.1) is 23.1 Å². The number of fused-ring (bicyclic) bond motifs is 1. The van der Waals surface area contributed by atoms with Crippen molar-refractivity contribution in [3.63, 3.8) is 0 Å². The number of nitrogens with zero attached hydrogens (tertiary/aromatic N) is 2. The van der Waals surface area contributed by atoms with E-state index in [0.717, 1.165) is 15.6 Å². The first-order valence-corrected chi connectivity index (χ1v) is 9.43. The summed E-state index contributed by atoms with van der Waals surface area (Å²) in [6.45, 7) is 4.26. The van der Waals surface area contributed by atoms with Crippen LogP contribution in [0.15, 0.2) is 58.2 Å². The molecule has 4 rings (SSSR count). The number of para-hydroxylation sites is 1. The van der Waals surface area contributed by atoms with Crippen LogP contribution in [0.5, 0.6) is 0 Å². The van der Waals surface area contributed by atoms with Crippen molar-refractivity contribution in [1.29, 1.82) is 0 Å². The van der Waals surface area contributed by atoms with E-state index in [1.54, 1.807) is 12.5 Å². The van der Waals surface area contributed by atoms with Gasteiger partial charge in [-0.25, -0.2) is 4.98 Å². The number of amides is 1. The number of thiazole rings is 1. The van der Waals surface area contributed by atoms with Crippen molar-refractivity contribution in [2.75, 3.05) is 4.90 Å². The van der Waals surface area contributed by atoms with Crippen LogP contribution < -0.4 is 4.90 Å². The maximum atomic E-state index is 13.2. The molecule has 1 amide bonds. The minimum Gasteiger partial charge on any atom is -0.462 e. The summed E-state index contributed by atoms with van der Waals surface area (Å²) < 4.78 is 5.37. The number of benzene rings is 1. The third-order valence-electron chi connectivity index (χ3n) is 4.19. The highest BCUT2D eigenvalue weighted by Crippen LogP contribution is 2.42. The first-order valence-electron chi connectivity index (χ1n) is 7.74. The molecule has 4 nitrogen and oxygen atoms in total. The molecule has 1 aromatic carbocycles. The molecule has 0 saturated carbocycles. The van der Waals surface area contributed by atoms with Crippen LogP contribution in [0, 0.1) is 0 Å². The molecule has 6 heteroatoms. The molecule has 0 N–H and O–H groups in total. The lowest BCUT2D eigenvalue weighted by atomic mass is 10.1. The van der Waals surface area contributed by atoms with E-state index in [-0.39, 0.29) is 11.9 Å². The molecule has 3 heterocycles. The average molecular weight is 356 g/mol. The summed E-state index contributed by atoms with van der Waals surface area (Å²) in [6, 6.07) is 11.9. The van der Waals surface area contributed by atoms with Gasteiger partial charge in [-0.3, -0.25) is 4.79 Å². The number of thioether (sulfide) groups is 1. The van der Waals surface area contributed by atoms with E-state index in [0.29, 0.717) is 15.9 Å². The lowest BCUT2D eigenvalue weighted by Crippen LogP contribution is -2.45. The molecule has 0 radical (unpaired) electrons. The van der Waals surface area contributed by atoms with Crippen molar-refractivity contribution in [3.8, 4) is 10.8 Å². The van der Waals surface area contributed by atoms with Crippen molar-refractivity contribution in [1.82, 2.24) is 4.98 Å². The van der Waals surface area contributed by atoms with Crippen LogP contribution in [-0.2, 0) is 0 Å². The molecular formula is C18H16N2O2S2. The Balaban J connectivity index is 1.71. The summed E-state index contributed by atoms with van der Waals surface area (Å²) in [5.74, 6) is 0.687. The molecule has 0 spiro atoms. The molecule has 1 aliphatic rings. The third kappa shape index (κ3) is 2.56. The second-order valence-corrected chi connectivity index (χ2v) is 8.16. The average Bonchev–Trinajstić information content (AvgIpc) is 3.27. The van der Waals surface area contributed by atoms with E-state index in [2.05, 4.69) is 24.9 Å². The zero-order valence-electron chi connectivity index (χ0n) is 13.3. The van der Waals surface area contributed by atoms with Gasteiger partial charge in [-0.1, -0.05) is 19.1 Å². The fourth-order valence-electron chi connectivity index (χ4n) is 2.78. The Hall–Kier alpha value is -2.05. The molecule has 2 atom stereocenters. The van der Waals surface area contributed by atoms with E-state index in [9.17, 15) is 4.79 Å². The van der Waals surface area contributed by atoms with Crippen LogP contribution in [0.25, 0.3) is 10.8 Å². The summed E-state index contributed by atoms with van der Waals surface area (Å²) >= 11 is 3.19. The zero-order chi connectivity index (χ0) is 16.7. The van der Waals surface area contributed by atoms with Gasteiger partial charge in [0.25, 0.3) is 5.91 Å². The molecule has 24 heavy (non-hydrogen) atoms. The molecule has 0 unspecified atom stereocenters. The highest BCUT2D eigenvalue weighted by Gasteiger charge is 2.34. The number of furan rings is 1. The first-order chi connectivity index (χ1) is 11.6. The van der Waals surface area contributed by atoms with Crippen LogP contribution >= 0.6 is 23.1 Å². The minimum atomic E-state index is -0.00240. The third-order valence-corrected chi connectivity index (χ3v) is 6.56. The monoisotopic (exact) mass is 356 g/mol. The number of carbonyl (C=O) groups is 1. The van der Waals surface area contributed by atoms with Gasteiger partial charge in [0, 0.05) is 16.2 Å². The lowest BCUT2D eigenvalue weighted by Gasteiger charge is -2.38. The number of hydrogen-bond acceptors (Lipinski definition) is 5. The van der Waals surface area contributed by atoms with Gasteiger partial charge >= 0.3 is 0 Å². The fraction of sp³-hybridized carbons (Fsp3) is 0.222. The lowest BCUT2D eigenvalue weighted by molar-refractivity contribution is 0.0981. The van der Waals surface area contributed by atoms with E-state index in [1.165, 1.54) is 11.3 Å². The van der Waals surface area contributed by atoms with Crippen LogP contribution in [0.2, 0.25) is 0 Å². The van der Waals surface area contributed by atoms with Crippen LogP contribution in [0.4, 0.5) is 5.69 Å². The predicted molar refractivity (Wildman–Crippen MR) is 97.8 cm³/mol. The summed E-state index contributed by atoms with van der Waals surface area (Å²) in [5, 5.41) is 1.06. The Kier molecular flexibility index (Phi) is 3.94. The topological polar surface area (TPSA) is 46.3 Å². The smallest absolute Gasteiger partial charge is 0.270 e. The van der Waals surface area contributed by atoms with E-state index >= 15 is 0 Å². The predicted octanol–water partition coefficient (Wildman–Crippen LogP) is 4.93. The minimum absolute atomic E-state index is 0.00240. The van der Waals surface area contributed by atoms with Crippen molar-refractivity contribution < 1.29 is 9.21 Å². The van der Waals surface area contributed by atoms with Gasteiger partial charge in [-0.2, -0.15) is 0 Å². The Labute approximate surface area is 148 Å². The molecular weight excluding hydrogens is 340 g/mol. The molecule has 0 fully saturated rings. The largest absolute Gasteiger partial charge is 0.462 e. The van der Waals surface area contributed by atoms with Gasteiger partial charge in [-0.05, 0) is 31.2 Å². The Morgan fingerprint density at radius 1 is 1.21 bits per heavy atom. The van der Waals surface area contributed by atoms with Gasteiger partial charge in [0.2, 0.25) is 0 Å². The number of hydrogen-bond donors (Lipinski definition) is 0. The van der Waals surface area contributed by atoms with Gasteiger partial charge < -0.3 is 9.32 Å². The molecule has 3 aromatic rings. The highest BCUT2D eigenvalue weighted by atomic mass is 32.2. The summed E-state index contributed by atoms with van der Waals surface area (Å²) in [6.07, 6.45) is 3.26. The van der Waals surface area contributed by atoms with Crippen LogP contribution in [-0.4, -0.2) is 22.2 Å². The van der Waals surface area contributed by atoms with Crippen LogP contribution in [0.3, 0.4) is 0 Å². The van der Waals surface area contributed by atoms with Crippen molar-refractivity contribution >= 4 is 34.7 Å². The first kappa shape index (κ1) is 15.5. The van der Waals surface area contributed by atoms with Crippen molar-refractivity contribution in [2.45, 2.75) is 30.0 Å². The molecule has 0 aliphatic carbocycles. The summed E-state index contributed by atoms with van der Waals surface area (Å²) in [5.41, 5.74) is 0.978. The van der Waals surface area contributed by atoms with Crippen molar-refractivity contribution in [2.24, 2.45) is 0 Å². The highest BCUT2D eigenvalue weighted by molar-refractivity contribution is 8.00. The standard InChI is InChI=1S/C18H16N2O2S2/c1-11-12(2)23-15-8-4-3-6-13(15)20(11)18(21)16-10-19-17(24-16)14-7-5-9-22-14/h3-12H,1-2H3/t11-,12+/m0/s1. The quantitative estimate of drug-likeness (QED) is 0.653. The molecule has 0 saturated heterocycles. The zero-order valence-corrected chi connectivity index (χ0v) is 14.9. The molecule has 1 aliphatic heterocycles. The van der Waals surface area contributed by atoms with Crippen molar-refractivity contribution in [3.05, 3.63) is 53.7 Å². The van der Waals surface area contributed by atoms with E-state index < -0.39 is 0 Å². The van der Waals surface area contributed by atoms with Gasteiger partial charge in [0.05, 0.1) is 18.1 Å². The second kappa shape index (κ2) is 6.11. The van der Waals surface area contributed by atoms with Crippen LogP contribution in [0.1, 0.15) is 23.5 Å². The Morgan fingerprint density at radius 2 is 2.04 bits per heavy atom. The Bertz CT molecular complexity index is 873.